The summed E-state index contributed by atoms with van der Waals surface area (Å²) in [5, 5.41) is 8.42. The van der Waals surface area contributed by atoms with E-state index >= 15 is 0 Å². The van der Waals surface area contributed by atoms with E-state index < -0.39 is 0 Å². The summed E-state index contributed by atoms with van der Waals surface area (Å²) >= 11 is 3.55. The molecule has 5 heteroatoms. The molecule has 0 amide bonds. The van der Waals surface area contributed by atoms with E-state index in [9.17, 15) is 0 Å². The van der Waals surface area contributed by atoms with Crippen LogP contribution >= 0.6 is 15.9 Å². The van der Waals surface area contributed by atoms with Gasteiger partial charge in [0.25, 0.3) is 0 Å². The molecule has 1 aromatic carbocycles. The van der Waals surface area contributed by atoms with Crippen molar-refractivity contribution >= 4 is 27.0 Å². The van der Waals surface area contributed by atoms with E-state index in [-0.39, 0.29) is 5.41 Å². The topological polar surface area (TPSA) is 39.9 Å². The van der Waals surface area contributed by atoms with Gasteiger partial charge in [0.05, 0.1) is 13.2 Å². The third kappa shape index (κ3) is 2.90. The van der Waals surface area contributed by atoms with Crippen LogP contribution in [-0.2, 0) is 11.3 Å². The monoisotopic (exact) mass is 311 g/mol. The van der Waals surface area contributed by atoms with Gasteiger partial charge >= 0.3 is 0 Å². The first-order chi connectivity index (χ1) is 8.53. The average Bonchev–Trinajstić information content (AvgIpc) is 2.71. The fraction of sp³-hybridized carbons (Fsp3) is 0.538. The minimum atomic E-state index is 0.0337. The molecular weight excluding hydrogens is 294 g/mol. The molecule has 0 bridgehead atoms. The van der Waals surface area contributed by atoms with Gasteiger partial charge in [-0.3, -0.25) is 0 Å². The summed E-state index contributed by atoms with van der Waals surface area (Å²) < 4.78 is 8.48. The van der Waals surface area contributed by atoms with Crippen molar-refractivity contribution in [3.8, 4) is 0 Å². The summed E-state index contributed by atoms with van der Waals surface area (Å²) in [4.78, 5) is 0. The van der Waals surface area contributed by atoms with E-state index in [1.807, 2.05) is 29.8 Å². The van der Waals surface area contributed by atoms with Crippen molar-refractivity contribution in [3.63, 3.8) is 0 Å². The Labute approximate surface area is 115 Å². The van der Waals surface area contributed by atoms with E-state index in [4.69, 9.17) is 4.74 Å². The molecule has 0 aliphatic carbocycles. The van der Waals surface area contributed by atoms with Gasteiger partial charge in [0, 0.05) is 16.5 Å². The normalized spacial score (nSPS) is 12.2. The van der Waals surface area contributed by atoms with Gasteiger partial charge in [0.15, 0.2) is 0 Å². The maximum atomic E-state index is 5.52. The first kappa shape index (κ1) is 13.5. The molecule has 0 aliphatic rings. The average molecular weight is 312 g/mol. The van der Waals surface area contributed by atoms with Crippen LogP contribution in [0.25, 0.3) is 11.0 Å². The van der Waals surface area contributed by atoms with Crippen molar-refractivity contribution in [1.29, 1.82) is 0 Å². The lowest BCUT2D eigenvalue weighted by atomic mass is 9.95. The van der Waals surface area contributed by atoms with E-state index in [1.54, 1.807) is 0 Å². The molecule has 98 valence electrons. The lowest BCUT2D eigenvalue weighted by molar-refractivity contribution is 0.0594. The summed E-state index contributed by atoms with van der Waals surface area (Å²) in [6.07, 6.45) is 0. The molecule has 0 saturated heterocycles. The highest BCUT2D eigenvalue weighted by Gasteiger charge is 2.21. The zero-order valence-corrected chi connectivity index (χ0v) is 12.6. The molecule has 0 saturated carbocycles. The third-order valence-corrected chi connectivity index (χ3v) is 3.40. The summed E-state index contributed by atoms with van der Waals surface area (Å²) in [5.74, 6) is 0. The molecule has 18 heavy (non-hydrogen) atoms. The Bertz CT molecular complexity index is 536. The Hall–Kier alpha value is -0.940. The number of benzene rings is 1. The maximum absolute atomic E-state index is 5.52. The SMILES string of the molecule is CCOCC(C)(C)Cn1nnc2cccc(Br)c21. The van der Waals surface area contributed by atoms with Crippen LogP contribution in [0.1, 0.15) is 20.8 Å². The van der Waals surface area contributed by atoms with Gasteiger partial charge in [-0.05, 0) is 35.0 Å². The lowest BCUT2D eigenvalue weighted by Gasteiger charge is -2.24. The fourth-order valence-electron chi connectivity index (χ4n) is 1.93. The van der Waals surface area contributed by atoms with Gasteiger partial charge in [-0.1, -0.05) is 25.1 Å². The smallest absolute Gasteiger partial charge is 0.114 e. The van der Waals surface area contributed by atoms with Crippen LogP contribution in [0.3, 0.4) is 0 Å². The molecule has 0 unspecified atom stereocenters. The highest BCUT2D eigenvalue weighted by molar-refractivity contribution is 9.10. The van der Waals surface area contributed by atoms with Crippen LogP contribution in [-0.4, -0.2) is 28.2 Å². The molecule has 2 aromatic rings. The largest absolute Gasteiger partial charge is 0.381 e. The molecule has 4 nitrogen and oxygen atoms in total. The van der Waals surface area contributed by atoms with Crippen LogP contribution in [0, 0.1) is 5.41 Å². The standard InChI is InChI=1S/C13H18BrN3O/c1-4-18-9-13(2,3)8-17-12-10(14)6-5-7-11(12)15-16-17/h5-7H,4,8-9H2,1-3H3. The Balaban J connectivity index is 2.26. The van der Waals surface area contributed by atoms with Crippen LogP contribution in [0.15, 0.2) is 22.7 Å². The molecule has 0 atom stereocenters. The van der Waals surface area contributed by atoms with Crippen molar-refractivity contribution in [1.82, 2.24) is 15.0 Å². The van der Waals surface area contributed by atoms with Gasteiger partial charge in [-0.15, -0.1) is 5.10 Å². The van der Waals surface area contributed by atoms with Crippen molar-refractivity contribution in [3.05, 3.63) is 22.7 Å². The number of fused-ring (bicyclic) bond motifs is 1. The van der Waals surface area contributed by atoms with E-state index in [1.165, 1.54) is 0 Å². The van der Waals surface area contributed by atoms with E-state index in [0.29, 0.717) is 0 Å². The highest BCUT2D eigenvalue weighted by atomic mass is 79.9. The van der Waals surface area contributed by atoms with Crippen molar-refractivity contribution in [2.45, 2.75) is 27.3 Å². The van der Waals surface area contributed by atoms with Crippen molar-refractivity contribution in [2.75, 3.05) is 13.2 Å². The first-order valence-corrected chi connectivity index (χ1v) is 6.88. The summed E-state index contributed by atoms with van der Waals surface area (Å²) in [6.45, 7) is 8.60. The van der Waals surface area contributed by atoms with E-state index in [0.717, 1.165) is 35.3 Å². The maximum Gasteiger partial charge on any atom is 0.114 e. The Kier molecular flexibility index (Phi) is 4.02. The summed E-state index contributed by atoms with van der Waals surface area (Å²) in [6, 6.07) is 5.95. The minimum Gasteiger partial charge on any atom is -0.381 e. The number of ether oxygens (including phenoxy) is 1. The molecule has 0 spiro atoms. The Morgan fingerprint density at radius 1 is 1.39 bits per heavy atom. The van der Waals surface area contributed by atoms with Gasteiger partial charge < -0.3 is 4.74 Å². The molecule has 0 radical (unpaired) electrons. The molecule has 1 heterocycles. The van der Waals surface area contributed by atoms with Crippen LogP contribution in [0.4, 0.5) is 0 Å². The highest BCUT2D eigenvalue weighted by Crippen LogP contribution is 2.25. The number of rotatable bonds is 5. The molecule has 2 rings (SSSR count). The zero-order valence-electron chi connectivity index (χ0n) is 11.0. The molecule has 0 fully saturated rings. The molecular formula is C13H18BrN3O. The Morgan fingerprint density at radius 3 is 2.89 bits per heavy atom. The van der Waals surface area contributed by atoms with Crippen LogP contribution < -0.4 is 0 Å². The predicted octanol–water partition coefficient (Wildman–Crippen LogP) is 3.26. The van der Waals surface area contributed by atoms with Gasteiger partial charge in [0.1, 0.15) is 11.0 Å². The van der Waals surface area contributed by atoms with Crippen molar-refractivity contribution < 1.29 is 4.74 Å². The third-order valence-electron chi connectivity index (χ3n) is 2.76. The quantitative estimate of drug-likeness (QED) is 0.851. The number of aromatic nitrogens is 3. The van der Waals surface area contributed by atoms with Gasteiger partial charge in [0.2, 0.25) is 0 Å². The minimum absolute atomic E-state index is 0.0337. The summed E-state index contributed by atoms with van der Waals surface area (Å²) in [7, 11) is 0. The van der Waals surface area contributed by atoms with E-state index in [2.05, 4.69) is 40.1 Å². The number of halogens is 1. The number of nitrogens with zero attached hydrogens (tertiary/aromatic N) is 3. The Morgan fingerprint density at radius 2 is 2.17 bits per heavy atom. The number of para-hydroxylation sites is 1. The second-order valence-electron chi connectivity index (χ2n) is 5.16. The zero-order chi connectivity index (χ0) is 13.2. The predicted molar refractivity (Wildman–Crippen MR) is 75.5 cm³/mol. The lowest BCUT2D eigenvalue weighted by Crippen LogP contribution is -2.26. The van der Waals surface area contributed by atoms with Crippen molar-refractivity contribution in [2.24, 2.45) is 5.41 Å². The summed E-state index contributed by atoms with van der Waals surface area (Å²) in [5.41, 5.74) is 1.99. The second kappa shape index (κ2) is 5.36. The van der Waals surface area contributed by atoms with Crippen LogP contribution in [0.2, 0.25) is 0 Å². The number of hydrogen-bond donors (Lipinski definition) is 0. The fourth-order valence-corrected chi connectivity index (χ4v) is 2.49. The molecule has 1 aromatic heterocycles. The van der Waals surface area contributed by atoms with Crippen LogP contribution in [0.5, 0.6) is 0 Å². The van der Waals surface area contributed by atoms with Gasteiger partial charge in [-0.25, -0.2) is 4.68 Å². The molecule has 0 N–H and O–H groups in total. The first-order valence-electron chi connectivity index (χ1n) is 6.09. The second-order valence-corrected chi connectivity index (χ2v) is 6.01. The number of hydrogen-bond acceptors (Lipinski definition) is 3. The van der Waals surface area contributed by atoms with Gasteiger partial charge in [-0.2, -0.15) is 0 Å². The molecule has 0 aliphatic heterocycles.